The summed E-state index contributed by atoms with van der Waals surface area (Å²) in [6.45, 7) is 0.264. The number of aliphatic imine (C=N–C) groups is 1. The predicted molar refractivity (Wildman–Crippen MR) is 70.7 cm³/mol. The highest BCUT2D eigenvalue weighted by atomic mass is 14.8. The van der Waals surface area contributed by atoms with Crippen LogP contribution in [0.1, 0.15) is 18.4 Å². The van der Waals surface area contributed by atoms with Crippen molar-refractivity contribution in [2.24, 2.45) is 4.99 Å². The van der Waals surface area contributed by atoms with Crippen molar-refractivity contribution in [1.29, 1.82) is 0 Å². The van der Waals surface area contributed by atoms with Gasteiger partial charge in [0, 0.05) is 17.5 Å². The molecule has 0 bridgehead atoms. The van der Waals surface area contributed by atoms with Gasteiger partial charge >= 0.3 is 6.85 Å². The van der Waals surface area contributed by atoms with Crippen LogP contribution in [0.4, 0.5) is 5.69 Å². The highest BCUT2D eigenvalue weighted by molar-refractivity contribution is 6.97. The molecule has 2 aliphatic rings. The van der Waals surface area contributed by atoms with Crippen molar-refractivity contribution in [1.82, 2.24) is 0 Å². The van der Waals surface area contributed by atoms with Crippen molar-refractivity contribution < 1.29 is 0 Å². The van der Waals surface area contributed by atoms with Crippen molar-refractivity contribution >= 4 is 24.2 Å². The van der Waals surface area contributed by atoms with E-state index < -0.39 is 0 Å². The smallest absolute Gasteiger partial charge is 0.328 e. The molecule has 16 heavy (non-hydrogen) atoms. The molecule has 0 aliphatic carbocycles. The Kier molecular flexibility index (Phi) is 2.37. The van der Waals surface area contributed by atoms with E-state index in [1.807, 2.05) is 6.20 Å². The number of para-hydroxylation sites is 1. The second kappa shape index (κ2) is 4.01. The Morgan fingerprint density at radius 2 is 2.19 bits per heavy atom. The van der Waals surface area contributed by atoms with Gasteiger partial charge in [0.2, 0.25) is 0 Å². The molecular weight excluding hydrogens is 195 g/mol. The van der Waals surface area contributed by atoms with Crippen LogP contribution in [0.2, 0.25) is 0 Å². The minimum absolute atomic E-state index is 0.264. The lowest BCUT2D eigenvalue weighted by molar-refractivity contribution is 1.07. The van der Waals surface area contributed by atoms with Gasteiger partial charge in [-0.2, -0.15) is 0 Å². The lowest BCUT2D eigenvalue weighted by Gasteiger charge is -2.21. The molecule has 0 amide bonds. The van der Waals surface area contributed by atoms with Crippen molar-refractivity contribution in [2.75, 3.05) is 5.23 Å². The molecule has 0 aromatic heterocycles. The molecule has 2 heterocycles. The van der Waals surface area contributed by atoms with Crippen LogP contribution in [0.3, 0.4) is 0 Å². The molecule has 1 aromatic carbocycles. The van der Waals surface area contributed by atoms with Gasteiger partial charge in [0.25, 0.3) is 0 Å². The van der Waals surface area contributed by atoms with E-state index in [0.717, 1.165) is 12.8 Å². The van der Waals surface area contributed by atoms with E-state index in [0.29, 0.717) is 0 Å². The molecule has 0 saturated carbocycles. The summed E-state index contributed by atoms with van der Waals surface area (Å²) >= 11 is 0. The second-order valence-electron chi connectivity index (χ2n) is 4.11. The largest absolute Gasteiger partial charge is 0.419 e. The molecule has 2 nitrogen and oxygen atoms in total. The van der Waals surface area contributed by atoms with Gasteiger partial charge in [0.05, 0.1) is 0 Å². The van der Waals surface area contributed by atoms with Crippen LogP contribution in [-0.4, -0.2) is 12.5 Å². The predicted octanol–water partition coefficient (Wildman–Crippen LogP) is 2.94. The number of nitrogens with one attached hydrogen (secondary N) is 1. The van der Waals surface area contributed by atoms with Crippen molar-refractivity contribution in [3.05, 3.63) is 48.1 Å². The Hall–Kier alpha value is -1.77. The maximum Gasteiger partial charge on any atom is 0.328 e. The summed E-state index contributed by atoms with van der Waals surface area (Å²) in [6, 6.07) is 8.36. The molecule has 1 aromatic rings. The zero-order valence-electron chi connectivity index (χ0n) is 9.06. The van der Waals surface area contributed by atoms with Crippen LogP contribution < -0.4 is 5.23 Å². The molecule has 3 rings (SSSR count). The van der Waals surface area contributed by atoms with Gasteiger partial charge in [0.15, 0.2) is 0 Å². The molecular formula is C13H13BN2. The van der Waals surface area contributed by atoms with Gasteiger partial charge in [0.1, 0.15) is 0 Å². The summed E-state index contributed by atoms with van der Waals surface area (Å²) in [6.07, 6.45) is 8.36. The van der Waals surface area contributed by atoms with Crippen LogP contribution in [0.5, 0.6) is 0 Å². The number of hydrogen-bond acceptors (Lipinski definition) is 2. The number of hydrogen-bond donors (Lipinski definition) is 1. The molecule has 0 atom stereocenters. The topological polar surface area (TPSA) is 24.4 Å². The van der Waals surface area contributed by atoms with Crippen molar-refractivity contribution in [2.45, 2.75) is 12.8 Å². The van der Waals surface area contributed by atoms with Gasteiger partial charge in [-0.1, -0.05) is 36.3 Å². The van der Waals surface area contributed by atoms with Crippen molar-refractivity contribution in [3.63, 3.8) is 0 Å². The van der Waals surface area contributed by atoms with Gasteiger partial charge in [-0.05, 0) is 24.5 Å². The number of rotatable bonds is 1. The Labute approximate surface area is 95.9 Å². The highest BCUT2D eigenvalue weighted by Crippen LogP contribution is 2.22. The summed E-state index contributed by atoms with van der Waals surface area (Å²) in [7, 11) is 0. The van der Waals surface area contributed by atoms with Crippen LogP contribution in [0.25, 0.3) is 6.08 Å². The Morgan fingerprint density at radius 3 is 3.06 bits per heavy atom. The molecule has 0 fully saturated rings. The van der Waals surface area contributed by atoms with E-state index in [1.165, 1.54) is 16.9 Å². The fourth-order valence-electron chi connectivity index (χ4n) is 2.14. The van der Waals surface area contributed by atoms with Gasteiger partial charge in [-0.25, -0.2) is 0 Å². The summed E-state index contributed by atoms with van der Waals surface area (Å²) in [5, 5.41) is 3.52. The molecule has 3 heteroatoms. The van der Waals surface area contributed by atoms with Crippen LogP contribution in [0, 0.1) is 0 Å². The van der Waals surface area contributed by atoms with E-state index in [2.05, 4.69) is 52.6 Å². The number of fused-ring (bicyclic) bond motifs is 1. The number of anilines is 1. The molecule has 0 radical (unpaired) electrons. The first-order valence-electron chi connectivity index (χ1n) is 5.69. The maximum atomic E-state index is 4.45. The first-order valence-corrected chi connectivity index (χ1v) is 5.69. The molecule has 0 saturated heterocycles. The minimum atomic E-state index is 0.264. The summed E-state index contributed by atoms with van der Waals surface area (Å²) in [5.74, 6) is 2.19. The van der Waals surface area contributed by atoms with Crippen LogP contribution in [-0.2, 0) is 0 Å². The average molecular weight is 208 g/mol. The molecule has 1 N–H and O–H groups in total. The van der Waals surface area contributed by atoms with Gasteiger partial charge in [-0.15, -0.1) is 0 Å². The van der Waals surface area contributed by atoms with E-state index >= 15 is 0 Å². The molecule has 0 unspecified atom stereocenters. The van der Waals surface area contributed by atoms with Crippen LogP contribution in [0.15, 0.2) is 47.5 Å². The zero-order chi connectivity index (χ0) is 10.8. The van der Waals surface area contributed by atoms with Crippen LogP contribution >= 0.6 is 0 Å². The van der Waals surface area contributed by atoms with E-state index in [-0.39, 0.29) is 6.85 Å². The Balaban J connectivity index is 1.88. The highest BCUT2D eigenvalue weighted by Gasteiger charge is 2.22. The monoisotopic (exact) mass is 208 g/mol. The quantitative estimate of drug-likeness (QED) is 0.705. The zero-order valence-corrected chi connectivity index (χ0v) is 9.06. The molecule has 2 aliphatic heterocycles. The SMILES string of the molecule is C1=CN=C(B2C=Cc3ccccc3N2)CC1. The lowest BCUT2D eigenvalue weighted by Crippen LogP contribution is -2.35. The summed E-state index contributed by atoms with van der Waals surface area (Å²) in [5.41, 5.74) is 3.69. The number of benzene rings is 1. The summed E-state index contributed by atoms with van der Waals surface area (Å²) < 4.78 is 0. The normalized spacial score (nSPS) is 17.8. The third-order valence-electron chi connectivity index (χ3n) is 3.01. The number of allylic oxidation sites excluding steroid dienone is 1. The van der Waals surface area contributed by atoms with E-state index in [9.17, 15) is 0 Å². The molecule has 0 spiro atoms. The summed E-state index contributed by atoms with van der Waals surface area (Å²) in [4.78, 5) is 4.45. The standard InChI is InChI=1S/C13H13BN2/c1-2-6-12-11(5-1)8-9-14(16-12)13-7-3-4-10-15-13/h1-2,4-6,8-10,16H,3,7H2. The minimum Gasteiger partial charge on any atom is -0.419 e. The Bertz CT molecular complexity index is 488. The fourth-order valence-corrected chi connectivity index (χ4v) is 2.14. The third kappa shape index (κ3) is 1.69. The first kappa shape index (κ1) is 9.46. The van der Waals surface area contributed by atoms with E-state index in [1.54, 1.807) is 0 Å². The van der Waals surface area contributed by atoms with E-state index in [4.69, 9.17) is 0 Å². The fraction of sp³-hybridized carbons (Fsp3) is 0.154. The van der Waals surface area contributed by atoms with Gasteiger partial charge < -0.3 is 5.23 Å². The first-order chi connectivity index (χ1) is 7.93. The third-order valence-corrected chi connectivity index (χ3v) is 3.01. The average Bonchev–Trinajstić information content (AvgIpc) is 2.39. The Morgan fingerprint density at radius 1 is 1.25 bits per heavy atom. The van der Waals surface area contributed by atoms with Crippen molar-refractivity contribution in [3.8, 4) is 0 Å². The number of nitrogens with zero attached hydrogens (tertiary/aromatic N) is 1. The molecule has 78 valence electrons. The maximum absolute atomic E-state index is 4.45. The second-order valence-corrected chi connectivity index (χ2v) is 4.11. The lowest BCUT2D eigenvalue weighted by atomic mass is 9.54. The van der Waals surface area contributed by atoms with Gasteiger partial charge in [-0.3, -0.25) is 4.99 Å².